The van der Waals surface area contributed by atoms with Gasteiger partial charge in [-0.05, 0) is 48.0 Å². The Labute approximate surface area is 165 Å². The summed E-state index contributed by atoms with van der Waals surface area (Å²) in [5.41, 5.74) is 2.59. The minimum absolute atomic E-state index is 0. The van der Waals surface area contributed by atoms with Gasteiger partial charge in [-0.1, -0.05) is 66.7 Å². The lowest BCUT2D eigenvalue weighted by atomic mass is 9.86. The fraction of sp³-hybridized carbons (Fsp3) is 0.130. The van der Waals surface area contributed by atoms with Crippen molar-refractivity contribution in [2.24, 2.45) is 0 Å². The zero-order valence-electron chi connectivity index (χ0n) is 15.0. The van der Waals surface area contributed by atoms with Gasteiger partial charge >= 0.3 is 0 Å². The maximum absolute atomic E-state index is 13.2. The molecule has 0 heterocycles. The fourth-order valence-electron chi connectivity index (χ4n) is 2.93. The van der Waals surface area contributed by atoms with Crippen molar-refractivity contribution in [3.63, 3.8) is 0 Å². The van der Waals surface area contributed by atoms with Gasteiger partial charge in [0.1, 0.15) is 11.6 Å². The highest BCUT2D eigenvalue weighted by Crippen LogP contribution is 2.45. The molecule has 27 heavy (non-hydrogen) atoms. The van der Waals surface area contributed by atoms with Gasteiger partial charge in [-0.15, -0.1) is 12.4 Å². The molecule has 0 aliphatic heterocycles. The van der Waals surface area contributed by atoms with E-state index in [1.54, 1.807) is 12.1 Å². The predicted molar refractivity (Wildman–Crippen MR) is 109 cm³/mol. The standard InChI is InChI=1S/C15H10F2.C8H11N.ClH/c16-13-5-1-3-11(9-13)15(7-8-15)12-4-2-6-14(17)10-12;1-9-7-8-5-3-2-4-6-8;/h1-10H;2-6,9H,7H2,1H3;1H. The Hall–Kier alpha value is -2.49. The van der Waals surface area contributed by atoms with Crippen molar-refractivity contribution in [3.05, 3.63) is 119 Å². The molecule has 1 aliphatic rings. The number of halogens is 3. The van der Waals surface area contributed by atoms with Crippen LogP contribution < -0.4 is 5.32 Å². The Morgan fingerprint density at radius 1 is 0.741 bits per heavy atom. The summed E-state index contributed by atoms with van der Waals surface area (Å²) in [7, 11) is 1.95. The number of hydrogen-bond donors (Lipinski definition) is 1. The van der Waals surface area contributed by atoms with Gasteiger partial charge in [0.05, 0.1) is 5.41 Å². The van der Waals surface area contributed by atoms with Crippen molar-refractivity contribution >= 4 is 12.4 Å². The van der Waals surface area contributed by atoms with E-state index in [1.807, 2.05) is 49.5 Å². The highest BCUT2D eigenvalue weighted by molar-refractivity contribution is 5.85. The van der Waals surface area contributed by atoms with Crippen LogP contribution in [0.15, 0.2) is 91.0 Å². The number of rotatable bonds is 4. The van der Waals surface area contributed by atoms with Gasteiger partial charge in [0, 0.05) is 6.54 Å². The second kappa shape index (κ2) is 9.45. The molecule has 1 nitrogen and oxygen atoms in total. The van der Waals surface area contributed by atoms with Crippen molar-refractivity contribution in [2.45, 2.75) is 12.0 Å². The molecule has 4 heteroatoms. The Morgan fingerprint density at radius 3 is 1.67 bits per heavy atom. The van der Waals surface area contributed by atoms with Crippen molar-refractivity contribution in [3.8, 4) is 0 Å². The molecule has 4 rings (SSSR count). The first-order valence-electron chi connectivity index (χ1n) is 8.55. The number of nitrogens with one attached hydrogen (secondary N) is 1. The Kier molecular flexibility index (Phi) is 7.28. The zero-order valence-corrected chi connectivity index (χ0v) is 15.8. The lowest BCUT2D eigenvalue weighted by Crippen LogP contribution is -2.11. The maximum atomic E-state index is 13.2. The topological polar surface area (TPSA) is 12.0 Å². The first-order valence-corrected chi connectivity index (χ1v) is 8.55. The average Bonchev–Trinajstić information content (AvgIpc) is 3.46. The van der Waals surface area contributed by atoms with Gasteiger partial charge in [-0.25, -0.2) is 8.78 Å². The van der Waals surface area contributed by atoms with Gasteiger partial charge in [0.2, 0.25) is 0 Å². The van der Waals surface area contributed by atoms with E-state index in [0.717, 1.165) is 17.7 Å². The Balaban J connectivity index is 0.000000224. The molecule has 0 aromatic heterocycles. The summed E-state index contributed by atoms with van der Waals surface area (Å²) < 4.78 is 26.4. The molecule has 0 spiro atoms. The first kappa shape index (κ1) is 20.8. The summed E-state index contributed by atoms with van der Waals surface area (Å²) in [4.78, 5) is 0. The SMILES string of the molecule is CNCc1ccccc1.Cl.Fc1cccc(C2(c3cccc(F)c3)C=C2)c1. The molecule has 0 fully saturated rings. The normalized spacial score (nSPS) is 13.1. The summed E-state index contributed by atoms with van der Waals surface area (Å²) in [6.07, 6.45) is 3.91. The molecule has 0 saturated carbocycles. The predicted octanol–water partition coefficient (Wildman–Crippen LogP) is 5.65. The molecule has 0 radical (unpaired) electrons. The lowest BCUT2D eigenvalue weighted by molar-refractivity contribution is 0.620. The van der Waals surface area contributed by atoms with Crippen LogP contribution in [-0.4, -0.2) is 7.05 Å². The molecule has 140 valence electrons. The third-order valence-corrected chi connectivity index (χ3v) is 4.33. The quantitative estimate of drug-likeness (QED) is 0.572. The van der Waals surface area contributed by atoms with Crippen LogP contribution in [0.5, 0.6) is 0 Å². The molecular formula is C23H22ClF2N. The fourth-order valence-corrected chi connectivity index (χ4v) is 2.93. The first-order chi connectivity index (χ1) is 12.6. The number of hydrogen-bond acceptors (Lipinski definition) is 1. The van der Waals surface area contributed by atoms with Crippen LogP contribution in [0.2, 0.25) is 0 Å². The molecule has 1 N–H and O–H groups in total. The van der Waals surface area contributed by atoms with Crippen molar-refractivity contribution in [2.75, 3.05) is 7.05 Å². The monoisotopic (exact) mass is 385 g/mol. The smallest absolute Gasteiger partial charge is 0.123 e. The van der Waals surface area contributed by atoms with Crippen LogP contribution in [-0.2, 0) is 12.0 Å². The Morgan fingerprint density at radius 2 is 1.26 bits per heavy atom. The van der Waals surface area contributed by atoms with E-state index in [-0.39, 0.29) is 24.0 Å². The molecule has 0 amide bonds. The van der Waals surface area contributed by atoms with E-state index in [2.05, 4.69) is 17.4 Å². The van der Waals surface area contributed by atoms with Crippen LogP contribution in [0.3, 0.4) is 0 Å². The lowest BCUT2D eigenvalue weighted by Gasteiger charge is -2.17. The van der Waals surface area contributed by atoms with Crippen LogP contribution in [0.4, 0.5) is 8.78 Å². The molecule has 3 aromatic rings. The molecule has 0 unspecified atom stereocenters. The largest absolute Gasteiger partial charge is 0.316 e. The van der Waals surface area contributed by atoms with Crippen LogP contribution in [0.25, 0.3) is 0 Å². The Bertz CT molecular complexity index is 840. The van der Waals surface area contributed by atoms with E-state index in [0.29, 0.717) is 0 Å². The van der Waals surface area contributed by atoms with Gasteiger partial charge in [-0.3, -0.25) is 0 Å². The highest BCUT2D eigenvalue weighted by Gasteiger charge is 2.38. The zero-order chi connectivity index (χ0) is 18.4. The van der Waals surface area contributed by atoms with E-state index in [4.69, 9.17) is 0 Å². The van der Waals surface area contributed by atoms with E-state index in [9.17, 15) is 8.78 Å². The third kappa shape index (κ3) is 5.25. The summed E-state index contributed by atoms with van der Waals surface area (Å²) in [6, 6.07) is 23.2. The van der Waals surface area contributed by atoms with Gasteiger partial charge < -0.3 is 5.32 Å². The van der Waals surface area contributed by atoms with Gasteiger partial charge in [-0.2, -0.15) is 0 Å². The molecule has 0 bridgehead atoms. The van der Waals surface area contributed by atoms with Crippen LogP contribution >= 0.6 is 12.4 Å². The molecular weight excluding hydrogens is 364 g/mol. The molecule has 0 atom stereocenters. The van der Waals surface area contributed by atoms with Gasteiger partial charge in [0.15, 0.2) is 0 Å². The summed E-state index contributed by atoms with van der Waals surface area (Å²) >= 11 is 0. The molecule has 1 aliphatic carbocycles. The third-order valence-electron chi connectivity index (χ3n) is 4.33. The van der Waals surface area contributed by atoms with Gasteiger partial charge in [0.25, 0.3) is 0 Å². The van der Waals surface area contributed by atoms with Crippen molar-refractivity contribution in [1.29, 1.82) is 0 Å². The average molecular weight is 386 g/mol. The summed E-state index contributed by atoms with van der Waals surface area (Å²) in [6.45, 7) is 0.959. The number of allylic oxidation sites excluding steroid dienone is 2. The second-order valence-corrected chi connectivity index (χ2v) is 6.24. The van der Waals surface area contributed by atoms with E-state index < -0.39 is 5.41 Å². The maximum Gasteiger partial charge on any atom is 0.123 e. The van der Waals surface area contributed by atoms with Crippen LogP contribution in [0, 0.1) is 11.6 Å². The summed E-state index contributed by atoms with van der Waals surface area (Å²) in [5, 5.41) is 3.08. The van der Waals surface area contributed by atoms with E-state index >= 15 is 0 Å². The molecule has 3 aromatic carbocycles. The van der Waals surface area contributed by atoms with Crippen molar-refractivity contribution in [1.82, 2.24) is 5.32 Å². The highest BCUT2D eigenvalue weighted by atomic mass is 35.5. The van der Waals surface area contributed by atoms with Crippen LogP contribution in [0.1, 0.15) is 16.7 Å². The summed E-state index contributed by atoms with van der Waals surface area (Å²) in [5.74, 6) is -0.543. The minimum atomic E-state index is -0.412. The molecule has 0 saturated heterocycles. The number of benzene rings is 3. The van der Waals surface area contributed by atoms with Crippen molar-refractivity contribution < 1.29 is 8.78 Å². The van der Waals surface area contributed by atoms with E-state index in [1.165, 1.54) is 29.8 Å². The second-order valence-electron chi connectivity index (χ2n) is 6.24. The minimum Gasteiger partial charge on any atom is -0.316 e.